The Balaban J connectivity index is 1.31. The van der Waals surface area contributed by atoms with Gasteiger partial charge in [-0.05, 0) is 123 Å². The van der Waals surface area contributed by atoms with Crippen molar-refractivity contribution in [2.75, 3.05) is 5.32 Å². The van der Waals surface area contributed by atoms with E-state index >= 15 is 0 Å². The topological polar surface area (TPSA) is 136 Å². The van der Waals surface area contributed by atoms with Gasteiger partial charge in [-0.25, -0.2) is 0 Å². The van der Waals surface area contributed by atoms with E-state index < -0.39 is 22.8 Å². The highest BCUT2D eigenvalue weighted by Gasteiger charge is 2.71. The van der Waals surface area contributed by atoms with Gasteiger partial charge in [0.05, 0.1) is 17.3 Å². The number of amides is 1. The van der Waals surface area contributed by atoms with Crippen LogP contribution < -0.4 is 5.32 Å². The third kappa shape index (κ3) is 5.26. The molecule has 0 spiro atoms. The summed E-state index contributed by atoms with van der Waals surface area (Å²) < 4.78 is 6.14. The highest BCUT2D eigenvalue weighted by molar-refractivity contribution is 7.15. The average Bonchev–Trinajstić information content (AvgIpc) is 3.54. The molecule has 4 fully saturated rings. The molecule has 49 heavy (non-hydrogen) atoms. The fraction of sp³-hybridized carbons (Fsp3) is 0.795. The predicted octanol–water partition coefficient (Wildman–Crippen LogP) is 8.18. The largest absolute Gasteiger partial charge is 0.481 e. The SMILES string of the molecule is Cc1nnc(NC(=O)[C@@]23CC[C@]4(C)[C@H](CC[C@@H]5[C@@]6(C)CC[C@H](OC(=O)CC(C)(C)C(=O)O)C(C)(C)[C@@H]6CC[C@]54C)C2=C(C(C)C)C(=O)C3)s1. The molecule has 1 heterocycles. The molecule has 1 amide bonds. The van der Waals surface area contributed by atoms with Crippen molar-refractivity contribution >= 4 is 40.1 Å². The zero-order valence-electron chi connectivity index (χ0n) is 31.2. The minimum absolute atomic E-state index is 0.00593. The third-order valence-corrected chi connectivity index (χ3v) is 15.7. The lowest BCUT2D eigenvalue weighted by Crippen LogP contribution is -2.66. The monoisotopic (exact) mass is 695 g/mol. The van der Waals surface area contributed by atoms with Gasteiger partial charge in [0.2, 0.25) is 11.0 Å². The Bertz CT molecular complexity index is 1610. The molecule has 4 saturated carbocycles. The Morgan fingerprint density at radius 3 is 2.27 bits per heavy atom. The maximum absolute atomic E-state index is 14.3. The van der Waals surface area contributed by atoms with Gasteiger partial charge in [0, 0.05) is 11.8 Å². The molecule has 10 heteroatoms. The molecule has 0 saturated heterocycles. The Kier molecular flexibility index (Phi) is 8.64. The van der Waals surface area contributed by atoms with Crippen LogP contribution in [-0.4, -0.2) is 45.0 Å². The number of hydrogen-bond donors (Lipinski definition) is 2. The zero-order valence-corrected chi connectivity index (χ0v) is 32.1. The van der Waals surface area contributed by atoms with Crippen LogP contribution >= 0.6 is 11.3 Å². The molecular weight excluding hydrogens is 639 g/mol. The molecule has 270 valence electrons. The number of ether oxygens (including phenoxy) is 1. The second kappa shape index (κ2) is 11.7. The van der Waals surface area contributed by atoms with Crippen molar-refractivity contribution in [3.8, 4) is 0 Å². The van der Waals surface area contributed by atoms with E-state index in [0.717, 1.165) is 61.1 Å². The lowest BCUT2D eigenvalue weighted by atomic mass is 9.33. The number of carbonyl (C=O) groups is 4. The van der Waals surface area contributed by atoms with Gasteiger partial charge in [0.1, 0.15) is 11.1 Å². The minimum atomic E-state index is -1.17. The average molecular weight is 696 g/mol. The molecule has 0 radical (unpaired) electrons. The Morgan fingerprint density at radius 2 is 1.65 bits per heavy atom. The summed E-state index contributed by atoms with van der Waals surface area (Å²) in [5.74, 6) is -0.415. The van der Waals surface area contributed by atoms with Crippen LogP contribution in [0.15, 0.2) is 11.1 Å². The molecular formula is C39H57N3O6S. The number of carboxylic acid groups (broad SMARTS) is 1. The van der Waals surface area contributed by atoms with E-state index in [1.807, 2.05) is 6.92 Å². The van der Waals surface area contributed by atoms with Crippen LogP contribution in [0.4, 0.5) is 5.13 Å². The van der Waals surface area contributed by atoms with Crippen molar-refractivity contribution in [3.63, 3.8) is 0 Å². The van der Waals surface area contributed by atoms with Crippen molar-refractivity contribution in [1.29, 1.82) is 0 Å². The third-order valence-electron chi connectivity index (χ3n) is 15.0. The summed E-state index contributed by atoms with van der Waals surface area (Å²) in [7, 11) is 0. The summed E-state index contributed by atoms with van der Waals surface area (Å²) in [6, 6.07) is 0. The Hall–Kier alpha value is -2.62. The zero-order chi connectivity index (χ0) is 36.1. The molecule has 1 aromatic rings. The number of aliphatic carboxylic acids is 1. The molecule has 2 N–H and O–H groups in total. The number of carboxylic acids is 1. The summed E-state index contributed by atoms with van der Waals surface area (Å²) in [4.78, 5) is 53.0. The number of hydrogen-bond acceptors (Lipinski definition) is 8. The Morgan fingerprint density at radius 1 is 0.959 bits per heavy atom. The predicted molar refractivity (Wildman–Crippen MR) is 189 cm³/mol. The number of aryl methyl sites for hydroxylation is 1. The number of rotatable bonds is 7. The van der Waals surface area contributed by atoms with Crippen LogP contribution in [0.1, 0.15) is 132 Å². The standard InChI is InChI=1S/C39H57N3O6S/c1-21(2)29-24(43)19-39(31(45)40-33-42-41-22(3)49-33)18-17-37(9)23(30(29)39)11-12-26-36(8)15-14-27(48-28(44)20-34(4,5)32(46)47)35(6,7)25(36)13-16-38(26,37)10/h21,23,25-27H,11-20H2,1-10H3,(H,46,47)(H,40,42,45)/t23-,25+,26-,27+,36+,37-,38-,39-/m1/s1. The summed E-state index contributed by atoms with van der Waals surface area (Å²) in [5, 5.41) is 22.2. The van der Waals surface area contributed by atoms with E-state index in [2.05, 4.69) is 64.0 Å². The number of allylic oxidation sites excluding steroid dienone is 1. The molecule has 6 rings (SSSR count). The van der Waals surface area contributed by atoms with Crippen molar-refractivity contribution in [2.24, 2.45) is 56.2 Å². The summed E-state index contributed by atoms with van der Waals surface area (Å²) in [5.41, 5.74) is -0.309. The molecule has 5 aliphatic carbocycles. The Labute approximate surface area is 295 Å². The number of anilines is 1. The molecule has 0 unspecified atom stereocenters. The van der Waals surface area contributed by atoms with E-state index in [4.69, 9.17) is 4.74 Å². The number of carbonyl (C=O) groups excluding carboxylic acids is 3. The van der Waals surface area contributed by atoms with Crippen molar-refractivity contribution in [2.45, 2.75) is 140 Å². The van der Waals surface area contributed by atoms with Gasteiger partial charge in [0.25, 0.3) is 0 Å². The lowest BCUT2D eigenvalue weighted by Gasteiger charge is -2.72. The van der Waals surface area contributed by atoms with Gasteiger partial charge >= 0.3 is 11.9 Å². The molecule has 8 atom stereocenters. The number of Topliss-reactive ketones (excluding diaryl/α,β-unsaturated/α-hetero) is 1. The number of ketones is 1. The molecule has 0 bridgehead atoms. The van der Waals surface area contributed by atoms with Crippen LogP contribution in [0, 0.1) is 63.1 Å². The highest BCUT2D eigenvalue weighted by atomic mass is 32.1. The molecule has 0 aromatic carbocycles. The lowest BCUT2D eigenvalue weighted by molar-refractivity contribution is -0.233. The second-order valence-corrected chi connectivity index (χ2v) is 19.7. The van der Waals surface area contributed by atoms with Crippen molar-refractivity contribution in [3.05, 3.63) is 16.2 Å². The van der Waals surface area contributed by atoms with Gasteiger partial charge in [0.15, 0.2) is 5.78 Å². The number of nitrogens with one attached hydrogen (secondary N) is 1. The van der Waals surface area contributed by atoms with E-state index in [9.17, 15) is 24.3 Å². The minimum Gasteiger partial charge on any atom is -0.481 e. The molecule has 5 aliphatic rings. The maximum atomic E-state index is 14.3. The molecule has 9 nitrogen and oxygen atoms in total. The maximum Gasteiger partial charge on any atom is 0.309 e. The fourth-order valence-electron chi connectivity index (χ4n) is 12.3. The van der Waals surface area contributed by atoms with Gasteiger partial charge < -0.3 is 9.84 Å². The summed E-state index contributed by atoms with van der Waals surface area (Å²) in [6.45, 7) is 21.2. The first-order valence-corrected chi connectivity index (χ1v) is 19.3. The fourth-order valence-corrected chi connectivity index (χ4v) is 12.9. The summed E-state index contributed by atoms with van der Waals surface area (Å²) >= 11 is 1.37. The van der Waals surface area contributed by atoms with E-state index in [-0.39, 0.29) is 64.1 Å². The van der Waals surface area contributed by atoms with Gasteiger partial charge in [-0.1, -0.05) is 59.8 Å². The second-order valence-electron chi connectivity index (χ2n) is 18.6. The first-order valence-electron chi connectivity index (χ1n) is 18.5. The highest BCUT2D eigenvalue weighted by Crippen LogP contribution is 2.76. The van der Waals surface area contributed by atoms with Crippen LogP contribution in [-0.2, 0) is 23.9 Å². The van der Waals surface area contributed by atoms with Crippen LogP contribution in [0.2, 0.25) is 0 Å². The smallest absolute Gasteiger partial charge is 0.309 e. The summed E-state index contributed by atoms with van der Waals surface area (Å²) in [6.07, 6.45) is 7.14. The van der Waals surface area contributed by atoms with Crippen LogP contribution in [0.3, 0.4) is 0 Å². The first kappa shape index (κ1) is 36.2. The van der Waals surface area contributed by atoms with Gasteiger partial charge in [-0.2, -0.15) is 0 Å². The van der Waals surface area contributed by atoms with E-state index in [1.165, 1.54) is 11.3 Å². The van der Waals surface area contributed by atoms with Gasteiger partial charge in [-0.15, -0.1) is 10.2 Å². The molecule has 0 aliphatic heterocycles. The van der Waals surface area contributed by atoms with Gasteiger partial charge in [-0.3, -0.25) is 24.5 Å². The van der Waals surface area contributed by atoms with E-state index in [1.54, 1.807) is 13.8 Å². The normalized spacial score (nSPS) is 38.3. The number of nitrogens with zero attached hydrogens (tertiary/aromatic N) is 2. The first-order chi connectivity index (χ1) is 22.6. The van der Waals surface area contributed by atoms with Crippen molar-refractivity contribution in [1.82, 2.24) is 10.2 Å². The number of esters is 1. The number of fused-ring (bicyclic) bond motifs is 7. The van der Waals surface area contributed by atoms with Crippen LogP contribution in [0.5, 0.6) is 0 Å². The number of aromatic nitrogens is 2. The van der Waals surface area contributed by atoms with Crippen molar-refractivity contribution < 1.29 is 29.0 Å². The quantitative estimate of drug-likeness (QED) is 0.273. The molecule has 1 aromatic heterocycles. The van der Waals surface area contributed by atoms with Crippen LogP contribution in [0.25, 0.3) is 0 Å². The van der Waals surface area contributed by atoms with E-state index in [0.29, 0.717) is 23.4 Å².